The van der Waals surface area contributed by atoms with E-state index in [0.717, 1.165) is 12.8 Å². The maximum Gasteiger partial charge on any atom is 0.237 e. The van der Waals surface area contributed by atoms with Gasteiger partial charge in [-0.3, -0.25) is 0 Å². The number of rotatable bonds is 2. The number of hydrogen-bond donors (Lipinski definition) is 1. The van der Waals surface area contributed by atoms with Crippen LogP contribution >= 0.6 is 11.6 Å². The normalized spacial score (nSPS) is 17.7. The van der Waals surface area contributed by atoms with Crippen LogP contribution in [0.5, 0.6) is 5.88 Å². The summed E-state index contributed by atoms with van der Waals surface area (Å²) in [6.45, 7) is 1.42. The van der Waals surface area contributed by atoms with Gasteiger partial charge < -0.3 is 15.2 Å². The lowest BCUT2D eigenvalue weighted by molar-refractivity contribution is 0.0238. The quantitative estimate of drug-likeness (QED) is 0.827. The van der Waals surface area contributed by atoms with Gasteiger partial charge in [0.05, 0.1) is 19.4 Å². The number of hydrogen-bond acceptors (Lipinski definition) is 5. The Morgan fingerprint density at radius 3 is 2.93 bits per heavy atom. The Kier molecular flexibility index (Phi) is 3.23. The van der Waals surface area contributed by atoms with Crippen molar-refractivity contribution >= 4 is 17.5 Å². The molecule has 0 amide bonds. The van der Waals surface area contributed by atoms with Gasteiger partial charge in [0.2, 0.25) is 11.8 Å². The first kappa shape index (κ1) is 10.4. The maximum absolute atomic E-state index is 5.88. The van der Waals surface area contributed by atoms with Gasteiger partial charge in [0.25, 0.3) is 0 Å². The Hall–Kier alpha value is -1.07. The second kappa shape index (κ2) is 4.63. The van der Waals surface area contributed by atoms with Crippen molar-refractivity contribution in [2.45, 2.75) is 18.9 Å². The molecule has 0 radical (unpaired) electrons. The number of aromatic nitrogens is 2. The fourth-order valence-corrected chi connectivity index (χ4v) is 1.53. The second-order valence-electron chi connectivity index (χ2n) is 3.31. The van der Waals surface area contributed by atoms with Crippen molar-refractivity contribution in [2.75, 3.05) is 18.9 Å². The molecule has 1 aromatic heterocycles. The summed E-state index contributed by atoms with van der Waals surface area (Å²) in [5.74, 6) is 0.525. The molecule has 82 valence electrons. The minimum absolute atomic E-state index is 0.102. The summed E-state index contributed by atoms with van der Waals surface area (Å²) in [7, 11) is 0. The zero-order chi connectivity index (χ0) is 10.7. The number of ether oxygens (including phenoxy) is 2. The first-order valence-corrected chi connectivity index (χ1v) is 5.16. The van der Waals surface area contributed by atoms with Gasteiger partial charge >= 0.3 is 0 Å². The molecular formula is C9H12ClN3O2. The van der Waals surface area contributed by atoms with Crippen LogP contribution in [0.25, 0.3) is 0 Å². The molecule has 1 saturated heterocycles. The van der Waals surface area contributed by atoms with Crippen LogP contribution in [-0.2, 0) is 4.74 Å². The molecule has 2 heterocycles. The Labute approximate surface area is 92.6 Å². The van der Waals surface area contributed by atoms with Crippen molar-refractivity contribution in [1.29, 1.82) is 0 Å². The highest BCUT2D eigenvalue weighted by molar-refractivity contribution is 6.31. The minimum atomic E-state index is 0.102. The molecule has 0 unspecified atom stereocenters. The third-order valence-corrected chi connectivity index (χ3v) is 2.44. The molecule has 0 bridgehead atoms. The molecule has 1 fully saturated rings. The average Bonchev–Trinajstić information content (AvgIpc) is 2.25. The Balaban J connectivity index is 2.05. The Bertz CT molecular complexity index is 342. The van der Waals surface area contributed by atoms with Gasteiger partial charge in [-0.05, 0) is 0 Å². The molecule has 5 nitrogen and oxygen atoms in total. The van der Waals surface area contributed by atoms with Crippen molar-refractivity contribution < 1.29 is 9.47 Å². The first-order chi connectivity index (χ1) is 7.25. The summed E-state index contributed by atoms with van der Waals surface area (Å²) in [6.07, 6.45) is 3.24. The van der Waals surface area contributed by atoms with E-state index in [9.17, 15) is 0 Å². The standard InChI is InChI=1S/C9H12ClN3O2/c10-7-5-12-9(11)13-8(7)15-6-1-3-14-4-2-6/h5-6H,1-4H2,(H2,11,12,13). The molecule has 0 aromatic carbocycles. The van der Waals surface area contributed by atoms with Gasteiger partial charge in [-0.25, -0.2) is 4.98 Å². The molecule has 1 aliphatic rings. The summed E-state index contributed by atoms with van der Waals surface area (Å²) < 4.78 is 10.8. The molecular weight excluding hydrogens is 218 g/mol. The van der Waals surface area contributed by atoms with Crippen LogP contribution in [0, 0.1) is 0 Å². The smallest absolute Gasteiger partial charge is 0.237 e. The van der Waals surface area contributed by atoms with Crippen molar-refractivity contribution in [3.63, 3.8) is 0 Å². The number of nitrogens with zero attached hydrogens (tertiary/aromatic N) is 2. The maximum atomic E-state index is 5.88. The predicted molar refractivity (Wildman–Crippen MR) is 55.9 cm³/mol. The van der Waals surface area contributed by atoms with E-state index in [2.05, 4.69) is 9.97 Å². The summed E-state index contributed by atoms with van der Waals surface area (Å²) in [5, 5.41) is 0.385. The van der Waals surface area contributed by atoms with Crippen molar-refractivity contribution in [3.8, 4) is 5.88 Å². The number of nitrogens with two attached hydrogens (primary N) is 1. The van der Waals surface area contributed by atoms with E-state index in [-0.39, 0.29) is 12.1 Å². The second-order valence-corrected chi connectivity index (χ2v) is 3.72. The van der Waals surface area contributed by atoms with Gasteiger partial charge in [0, 0.05) is 12.8 Å². The van der Waals surface area contributed by atoms with E-state index in [1.807, 2.05) is 0 Å². The largest absolute Gasteiger partial charge is 0.473 e. The Morgan fingerprint density at radius 1 is 1.47 bits per heavy atom. The van der Waals surface area contributed by atoms with Crippen molar-refractivity contribution in [3.05, 3.63) is 11.2 Å². The van der Waals surface area contributed by atoms with Gasteiger partial charge in [-0.2, -0.15) is 4.98 Å². The third kappa shape index (κ3) is 2.70. The molecule has 0 spiro atoms. The predicted octanol–water partition coefficient (Wildman–Crippen LogP) is 1.27. The highest BCUT2D eigenvalue weighted by atomic mass is 35.5. The van der Waals surface area contributed by atoms with Crippen LogP contribution < -0.4 is 10.5 Å². The van der Waals surface area contributed by atoms with E-state index >= 15 is 0 Å². The topological polar surface area (TPSA) is 70.3 Å². The van der Waals surface area contributed by atoms with Crippen molar-refractivity contribution in [2.24, 2.45) is 0 Å². The number of halogens is 1. The van der Waals surface area contributed by atoms with E-state index in [1.165, 1.54) is 6.20 Å². The molecule has 0 aliphatic carbocycles. The van der Waals surface area contributed by atoms with Crippen LogP contribution in [0.1, 0.15) is 12.8 Å². The fourth-order valence-electron chi connectivity index (χ4n) is 1.40. The molecule has 2 rings (SSSR count). The van der Waals surface area contributed by atoms with Gasteiger partial charge in [0.15, 0.2) is 0 Å². The molecule has 0 saturated carbocycles. The van der Waals surface area contributed by atoms with E-state index in [4.69, 9.17) is 26.8 Å². The summed E-state index contributed by atoms with van der Waals surface area (Å²) in [6, 6.07) is 0. The SMILES string of the molecule is Nc1ncc(Cl)c(OC2CCOCC2)n1. The highest BCUT2D eigenvalue weighted by Crippen LogP contribution is 2.24. The molecule has 2 N–H and O–H groups in total. The minimum Gasteiger partial charge on any atom is -0.473 e. The zero-order valence-corrected chi connectivity index (χ0v) is 8.91. The highest BCUT2D eigenvalue weighted by Gasteiger charge is 2.17. The molecule has 0 atom stereocenters. The number of nitrogen functional groups attached to an aromatic ring is 1. The zero-order valence-electron chi connectivity index (χ0n) is 8.15. The molecule has 1 aromatic rings. The Morgan fingerprint density at radius 2 is 2.20 bits per heavy atom. The molecule has 1 aliphatic heterocycles. The fraction of sp³-hybridized carbons (Fsp3) is 0.556. The van der Waals surface area contributed by atoms with Crippen LogP contribution in [0.3, 0.4) is 0 Å². The average molecular weight is 230 g/mol. The van der Waals surface area contributed by atoms with E-state index in [1.54, 1.807) is 0 Å². The van der Waals surface area contributed by atoms with Crippen LogP contribution in [0.15, 0.2) is 6.20 Å². The van der Waals surface area contributed by atoms with Crippen LogP contribution in [0.4, 0.5) is 5.95 Å². The van der Waals surface area contributed by atoms with Crippen LogP contribution in [-0.4, -0.2) is 29.3 Å². The lowest BCUT2D eigenvalue weighted by Gasteiger charge is -2.22. The first-order valence-electron chi connectivity index (χ1n) is 4.78. The summed E-state index contributed by atoms with van der Waals surface area (Å²) in [4.78, 5) is 7.70. The number of anilines is 1. The van der Waals surface area contributed by atoms with Crippen molar-refractivity contribution in [1.82, 2.24) is 9.97 Å². The third-order valence-electron chi connectivity index (χ3n) is 2.18. The lowest BCUT2D eigenvalue weighted by atomic mass is 10.2. The van der Waals surface area contributed by atoms with Gasteiger partial charge in [-0.1, -0.05) is 11.6 Å². The monoisotopic (exact) mass is 229 g/mol. The van der Waals surface area contributed by atoms with Gasteiger partial charge in [0.1, 0.15) is 11.1 Å². The lowest BCUT2D eigenvalue weighted by Crippen LogP contribution is -2.26. The summed E-state index contributed by atoms with van der Waals surface area (Å²) >= 11 is 5.88. The molecule has 6 heteroatoms. The van der Waals surface area contributed by atoms with Crippen LogP contribution in [0.2, 0.25) is 5.02 Å². The summed E-state index contributed by atoms with van der Waals surface area (Å²) in [5.41, 5.74) is 5.45. The van der Waals surface area contributed by atoms with E-state index < -0.39 is 0 Å². The van der Waals surface area contributed by atoms with E-state index in [0.29, 0.717) is 24.1 Å². The molecule has 15 heavy (non-hydrogen) atoms. The van der Waals surface area contributed by atoms with Gasteiger partial charge in [-0.15, -0.1) is 0 Å².